The lowest BCUT2D eigenvalue weighted by Crippen LogP contribution is -2.21. The molecule has 0 bridgehead atoms. The van der Waals surface area contributed by atoms with Gasteiger partial charge in [-0.1, -0.05) is 17.7 Å². The van der Waals surface area contributed by atoms with Gasteiger partial charge in [-0.15, -0.1) is 0 Å². The van der Waals surface area contributed by atoms with E-state index in [1.807, 2.05) is 25.1 Å². The van der Waals surface area contributed by atoms with E-state index in [-0.39, 0.29) is 0 Å². The summed E-state index contributed by atoms with van der Waals surface area (Å²) >= 11 is 0. The van der Waals surface area contributed by atoms with E-state index in [0.717, 1.165) is 37.6 Å². The maximum atomic E-state index is 4.41. The Morgan fingerprint density at radius 3 is 3.12 bits per heavy atom. The third-order valence-corrected chi connectivity index (χ3v) is 2.80. The number of aryl methyl sites for hydroxylation is 1. The van der Waals surface area contributed by atoms with Crippen LogP contribution in [-0.4, -0.2) is 24.6 Å². The standard InChI is InChI=1S/C13H19N3/c1-11-3-2-4-13(16-11)15-10-7-12-5-8-14-9-6-12/h2-5,14H,6-10H2,1H3,(H,15,16). The lowest BCUT2D eigenvalue weighted by atomic mass is 10.1. The highest BCUT2D eigenvalue weighted by molar-refractivity contribution is 5.35. The predicted octanol–water partition coefficient (Wildman–Crippen LogP) is 2.11. The van der Waals surface area contributed by atoms with Gasteiger partial charge in [-0.25, -0.2) is 4.98 Å². The average molecular weight is 217 g/mol. The van der Waals surface area contributed by atoms with E-state index < -0.39 is 0 Å². The van der Waals surface area contributed by atoms with Crippen LogP contribution in [0.25, 0.3) is 0 Å². The van der Waals surface area contributed by atoms with E-state index in [2.05, 4.69) is 21.7 Å². The molecule has 0 atom stereocenters. The minimum atomic E-state index is 0.974. The lowest BCUT2D eigenvalue weighted by molar-refractivity contribution is 0.683. The molecule has 2 heterocycles. The van der Waals surface area contributed by atoms with Crippen molar-refractivity contribution in [3.05, 3.63) is 35.5 Å². The summed E-state index contributed by atoms with van der Waals surface area (Å²) in [6, 6.07) is 6.07. The molecule has 0 radical (unpaired) electrons. The molecule has 3 heteroatoms. The van der Waals surface area contributed by atoms with Crippen molar-refractivity contribution in [1.29, 1.82) is 0 Å². The molecule has 0 aliphatic carbocycles. The van der Waals surface area contributed by atoms with Crippen LogP contribution in [0.1, 0.15) is 18.5 Å². The smallest absolute Gasteiger partial charge is 0.126 e. The zero-order chi connectivity index (χ0) is 11.2. The van der Waals surface area contributed by atoms with Gasteiger partial charge in [-0.2, -0.15) is 0 Å². The molecule has 0 saturated heterocycles. The first-order valence-electron chi connectivity index (χ1n) is 5.91. The van der Waals surface area contributed by atoms with Crippen molar-refractivity contribution in [3.63, 3.8) is 0 Å². The highest BCUT2D eigenvalue weighted by atomic mass is 15.0. The lowest BCUT2D eigenvalue weighted by Gasteiger charge is -2.14. The zero-order valence-electron chi connectivity index (χ0n) is 9.79. The Kier molecular flexibility index (Phi) is 3.94. The van der Waals surface area contributed by atoms with Crippen molar-refractivity contribution in [2.24, 2.45) is 0 Å². The highest BCUT2D eigenvalue weighted by Gasteiger charge is 2.02. The summed E-state index contributed by atoms with van der Waals surface area (Å²) < 4.78 is 0. The quantitative estimate of drug-likeness (QED) is 0.758. The fourth-order valence-corrected chi connectivity index (χ4v) is 1.89. The van der Waals surface area contributed by atoms with Gasteiger partial charge in [0.05, 0.1) is 0 Å². The number of anilines is 1. The van der Waals surface area contributed by atoms with Crippen LogP contribution >= 0.6 is 0 Å². The summed E-state index contributed by atoms with van der Waals surface area (Å²) in [5.74, 6) is 0.981. The summed E-state index contributed by atoms with van der Waals surface area (Å²) in [4.78, 5) is 4.41. The normalized spacial score (nSPS) is 15.7. The van der Waals surface area contributed by atoms with E-state index in [9.17, 15) is 0 Å². The number of aromatic nitrogens is 1. The number of hydrogen-bond donors (Lipinski definition) is 2. The molecule has 0 aromatic carbocycles. The van der Waals surface area contributed by atoms with Gasteiger partial charge in [0.25, 0.3) is 0 Å². The Balaban J connectivity index is 1.77. The first-order valence-corrected chi connectivity index (χ1v) is 5.91. The van der Waals surface area contributed by atoms with Crippen LogP contribution < -0.4 is 10.6 Å². The maximum Gasteiger partial charge on any atom is 0.126 e. The molecule has 3 nitrogen and oxygen atoms in total. The van der Waals surface area contributed by atoms with Crippen LogP contribution in [0.4, 0.5) is 5.82 Å². The second-order valence-corrected chi connectivity index (χ2v) is 4.16. The summed E-state index contributed by atoms with van der Waals surface area (Å²) in [5, 5.41) is 6.68. The van der Waals surface area contributed by atoms with E-state index >= 15 is 0 Å². The second-order valence-electron chi connectivity index (χ2n) is 4.16. The molecular weight excluding hydrogens is 198 g/mol. The maximum absolute atomic E-state index is 4.41. The summed E-state index contributed by atoms with van der Waals surface area (Å²) in [5.41, 5.74) is 2.62. The van der Waals surface area contributed by atoms with Gasteiger partial charge >= 0.3 is 0 Å². The van der Waals surface area contributed by atoms with Gasteiger partial charge in [-0.3, -0.25) is 0 Å². The summed E-state index contributed by atoms with van der Waals surface area (Å²) in [6.45, 7) is 5.13. The molecule has 2 rings (SSSR count). The van der Waals surface area contributed by atoms with Gasteiger partial charge in [0.2, 0.25) is 0 Å². The molecule has 0 amide bonds. The van der Waals surface area contributed by atoms with Crippen LogP contribution in [0, 0.1) is 6.92 Å². The molecule has 1 aromatic rings. The largest absolute Gasteiger partial charge is 0.370 e. The number of rotatable bonds is 4. The fourth-order valence-electron chi connectivity index (χ4n) is 1.89. The molecule has 0 unspecified atom stereocenters. The Morgan fingerprint density at radius 2 is 2.38 bits per heavy atom. The van der Waals surface area contributed by atoms with Crippen LogP contribution in [-0.2, 0) is 0 Å². The van der Waals surface area contributed by atoms with Crippen LogP contribution in [0.15, 0.2) is 29.8 Å². The molecule has 1 aromatic heterocycles. The van der Waals surface area contributed by atoms with Gasteiger partial charge < -0.3 is 10.6 Å². The third kappa shape index (κ3) is 3.35. The SMILES string of the molecule is Cc1cccc(NCCC2=CCNCC2)n1. The second kappa shape index (κ2) is 5.66. The zero-order valence-corrected chi connectivity index (χ0v) is 9.79. The molecule has 0 spiro atoms. The number of hydrogen-bond acceptors (Lipinski definition) is 3. The van der Waals surface area contributed by atoms with E-state index in [4.69, 9.17) is 0 Å². The molecular formula is C13H19N3. The molecule has 1 aliphatic rings. The van der Waals surface area contributed by atoms with Crippen LogP contribution in [0.2, 0.25) is 0 Å². The van der Waals surface area contributed by atoms with Crippen molar-refractivity contribution in [2.75, 3.05) is 25.0 Å². The van der Waals surface area contributed by atoms with Crippen LogP contribution in [0.3, 0.4) is 0 Å². The number of nitrogens with zero attached hydrogens (tertiary/aromatic N) is 1. The fraction of sp³-hybridized carbons (Fsp3) is 0.462. The predicted molar refractivity (Wildman–Crippen MR) is 67.7 cm³/mol. The van der Waals surface area contributed by atoms with E-state index in [1.54, 1.807) is 5.57 Å². The average Bonchev–Trinajstić information content (AvgIpc) is 2.30. The van der Waals surface area contributed by atoms with Crippen molar-refractivity contribution in [2.45, 2.75) is 19.8 Å². The van der Waals surface area contributed by atoms with Crippen molar-refractivity contribution in [3.8, 4) is 0 Å². The van der Waals surface area contributed by atoms with Gasteiger partial charge in [0.1, 0.15) is 5.82 Å². The molecule has 2 N–H and O–H groups in total. The number of pyridine rings is 1. The first-order chi connectivity index (χ1) is 7.84. The van der Waals surface area contributed by atoms with Gasteiger partial charge in [0, 0.05) is 18.8 Å². The minimum absolute atomic E-state index is 0.974. The van der Waals surface area contributed by atoms with Crippen molar-refractivity contribution < 1.29 is 0 Å². The molecule has 86 valence electrons. The van der Waals surface area contributed by atoms with E-state index in [1.165, 1.54) is 6.42 Å². The number of nitrogens with one attached hydrogen (secondary N) is 2. The molecule has 0 saturated carbocycles. The first kappa shape index (κ1) is 11.1. The Morgan fingerprint density at radius 1 is 1.44 bits per heavy atom. The Bertz CT molecular complexity index is 371. The molecule has 1 aliphatic heterocycles. The monoisotopic (exact) mass is 217 g/mol. The van der Waals surface area contributed by atoms with Gasteiger partial charge in [-0.05, 0) is 38.4 Å². The minimum Gasteiger partial charge on any atom is -0.370 e. The summed E-state index contributed by atoms with van der Waals surface area (Å²) in [7, 11) is 0. The summed E-state index contributed by atoms with van der Waals surface area (Å²) in [6.07, 6.45) is 4.61. The molecule has 0 fully saturated rings. The van der Waals surface area contributed by atoms with Crippen molar-refractivity contribution >= 4 is 5.82 Å². The Labute approximate surface area is 97.0 Å². The molecule has 16 heavy (non-hydrogen) atoms. The van der Waals surface area contributed by atoms with E-state index in [0.29, 0.717) is 0 Å². The van der Waals surface area contributed by atoms with Crippen molar-refractivity contribution in [1.82, 2.24) is 10.3 Å². The van der Waals surface area contributed by atoms with Crippen LogP contribution in [0.5, 0.6) is 0 Å². The topological polar surface area (TPSA) is 37.0 Å². The third-order valence-electron chi connectivity index (χ3n) is 2.80. The van der Waals surface area contributed by atoms with Gasteiger partial charge in [0.15, 0.2) is 0 Å². The highest BCUT2D eigenvalue weighted by Crippen LogP contribution is 2.10. The Hall–Kier alpha value is -1.35.